The molecule has 20 heavy (non-hydrogen) atoms. The molecule has 0 bridgehead atoms. The molecule has 0 fully saturated rings. The van der Waals surface area contributed by atoms with E-state index in [4.69, 9.17) is 34.8 Å². The van der Waals surface area contributed by atoms with Crippen molar-refractivity contribution in [3.63, 3.8) is 0 Å². The van der Waals surface area contributed by atoms with Gasteiger partial charge in [0.2, 0.25) is 0 Å². The van der Waals surface area contributed by atoms with E-state index in [-0.39, 0.29) is 11.1 Å². The van der Waals surface area contributed by atoms with Gasteiger partial charge in [0.25, 0.3) is 0 Å². The van der Waals surface area contributed by atoms with E-state index in [1.807, 2.05) is 19.9 Å². The van der Waals surface area contributed by atoms with Gasteiger partial charge in [0.15, 0.2) is 0 Å². The van der Waals surface area contributed by atoms with Gasteiger partial charge in [-0.2, -0.15) is 0 Å². The summed E-state index contributed by atoms with van der Waals surface area (Å²) in [4.78, 5) is 4.15. The van der Waals surface area contributed by atoms with Gasteiger partial charge in [-0.1, -0.05) is 34.8 Å². The van der Waals surface area contributed by atoms with Crippen molar-refractivity contribution in [2.45, 2.75) is 19.9 Å². The van der Waals surface area contributed by atoms with E-state index in [1.165, 1.54) is 12.1 Å². The summed E-state index contributed by atoms with van der Waals surface area (Å²) in [6.45, 7) is 3.68. The zero-order chi connectivity index (χ0) is 14.9. The minimum Gasteiger partial charge on any atom is -0.377 e. The molecule has 0 radical (unpaired) electrons. The fraction of sp³-hybridized carbons (Fsp3) is 0.214. The second-order valence-corrected chi connectivity index (χ2v) is 5.56. The number of rotatable bonds is 3. The standard InChI is InChI=1S/C14H12Cl3FN2/c1-7-11(5-6-12(16)20-7)19-8(2)13-9(15)3-4-10(18)14(13)17/h3-6,8,19H,1-2H3. The van der Waals surface area contributed by atoms with Gasteiger partial charge in [-0.15, -0.1) is 0 Å². The Morgan fingerprint density at radius 2 is 1.85 bits per heavy atom. The first-order valence-corrected chi connectivity index (χ1v) is 7.06. The summed E-state index contributed by atoms with van der Waals surface area (Å²) < 4.78 is 13.5. The number of hydrogen-bond acceptors (Lipinski definition) is 2. The lowest BCUT2D eigenvalue weighted by Crippen LogP contribution is -2.10. The van der Waals surface area contributed by atoms with E-state index < -0.39 is 5.82 Å². The lowest BCUT2D eigenvalue weighted by atomic mass is 10.1. The number of halogens is 4. The Kier molecular flexibility index (Phi) is 4.74. The van der Waals surface area contributed by atoms with Crippen LogP contribution in [0.25, 0.3) is 0 Å². The first-order valence-electron chi connectivity index (χ1n) is 5.93. The van der Waals surface area contributed by atoms with Gasteiger partial charge in [0, 0.05) is 10.6 Å². The van der Waals surface area contributed by atoms with Crippen LogP contribution in [0.15, 0.2) is 24.3 Å². The first kappa shape index (κ1) is 15.4. The number of pyridine rings is 1. The predicted octanol–water partition coefficient (Wildman–Crippen LogP) is 5.66. The molecule has 1 heterocycles. The van der Waals surface area contributed by atoms with E-state index >= 15 is 0 Å². The normalized spacial score (nSPS) is 12.3. The molecular formula is C14H12Cl3FN2. The summed E-state index contributed by atoms with van der Waals surface area (Å²) in [5.41, 5.74) is 2.05. The molecule has 106 valence electrons. The number of benzene rings is 1. The summed E-state index contributed by atoms with van der Waals surface area (Å²) in [5, 5.41) is 4.06. The van der Waals surface area contributed by atoms with Gasteiger partial charge >= 0.3 is 0 Å². The molecule has 0 amide bonds. The molecule has 1 atom stereocenters. The molecule has 0 saturated heterocycles. The summed E-state index contributed by atoms with van der Waals surface area (Å²) in [5.74, 6) is -0.495. The number of aryl methyl sites for hydroxylation is 1. The molecule has 6 heteroatoms. The molecule has 1 aromatic heterocycles. The van der Waals surface area contributed by atoms with E-state index in [9.17, 15) is 4.39 Å². The molecule has 1 aromatic carbocycles. The molecule has 0 aliphatic heterocycles. The lowest BCUT2D eigenvalue weighted by Gasteiger charge is -2.19. The molecule has 1 N–H and O–H groups in total. The number of nitrogens with one attached hydrogen (secondary N) is 1. The third-order valence-electron chi connectivity index (χ3n) is 2.94. The van der Waals surface area contributed by atoms with Crippen LogP contribution in [0.3, 0.4) is 0 Å². The second-order valence-electron chi connectivity index (χ2n) is 4.39. The molecule has 2 aromatic rings. The summed E-state index contributed by atoms with van der Waals surface area (Å²) in [7, 11) is 0. The molecular weight excluding hydrogens is 322 g/mol. The second kappa shape index (κ2) is 6.17. The lowest BCUT2D eigenvalue weighted by molar-refractivity contribution is 0.624. The number of nitrogens with zero attached hydrogens (tertiary/aromatic N) is 1. The SMILES string of the molecule is Cc1nc(Cl)ccc1NC(C)c1c(Cl)ccc(F)c1Cl. The van der Waals surface area contributed by atoms with Crippen LogP contribution in [-0.4, -0.2) is 4.98 Å². The van der Waals surface area contributed by atoms with Crippen molar-refractivity contribution < 1.29 is 4.39 Å². The monoisotopic (exact) mass is 332 g/mol. The Bertz CT molecular complexity index is 647. The topological polar surface area (TPSA) is 24.9 Å². The number of anilines is 1. The van der Waals surface area contributed by atoms with Gasteiger partial charge in [-0.05, 0) is 38.1 Å². The van der Waals surface area contributed by atoms with Crippen LogP contribution >= 0.6 is 34.8 Å². The fourth-order valence-electron chi connectivity index (χ4n) is 1.93. The van der Waals surface area contributed by atoms with Crippen LogP contribution in [-0.2, 0) is 0 Å². The maximum absolute atomic E-state index is 13.5. The van der Waals surface area contributed by atoms with Crippen molar-refractivity contribution in [3.8, 4) is 0 Å². The molecule has 2 rings (SSSR count). The Morgan fingerprint density at radius 3 is 2.50 bits per heavy atom. The van der Waals surface area contributed by atoms with E-state index in [1.54, 1.807) is 6.07 Å². The van der Waals surface area contributed by atoms with Gasteiger partial charge in [-0.25, -0.2) is 9.37 Å². The highest BCUT2D eigenvalue weighted by molar-refractivity contribution is 6.36. The van der Waals surface area contributed by atoms with Crippen molar-refractivity contribution in [1.29, 1.82) is 0 Å². The van der Waals surface area contributed by atoms with Crippen LogP contribution < -0.4 is 5.32 Å². The zero-order valence-corrected chi connectivity index (χ0v) is 13.1. The van der Waals surface area contributed by atoms with E-state index in [0.29, 0.717) is 15.7 Å². The van der Waals surface area contributed by atoms with Crippen molar-refractivity contribution in [2.75, 3.05) is 5.32 Å². The van der Waals surface area contributed by atoms with Gasteiger partial charge in [0.1, 0.15) is 11.0 Å². The molecule has 0 spiro atoms. The fourth-order valence-corrected chi connectivity index (χ4v) is 2.82. The van der Waals surface area contributed by atoms with Crippen LogP contribution in [0.5, 0.6) is 0 Å². The minimum atomic E-state index is -0.495. The summed E-state index contributed by atoms with van der Waals surface area (Å²) >= 11 is 17.9. The Morgan fingerprint density at radius 1 is 1.15 bits per heavy atom. The maximum atomic E-state index is 13.5. The van der Waals surface area contributed by atoms with Crippen LogP contribution in [0.4, 0.5) is 10.1 Å². The first-order chi connectivity index (χ1) is 9.40. The van der Waals surface area contributed by atoms with Gasteiger partial charge in [-0.3, -0.25) is 0 Å². The van der Waals surface area contributed by atoms with Crippen molar-refractivity contribution >= 4 is 40.5 Å². The van der Waals surface area contributed by atoms with E-state index in [0.717, 1.165) is 11.4 Å². The summed E-state index contributed by atoms with van der Waals surface area (Å²) in [6.07, 6.45) is 0. The predicted molar refractivity (Wildman–Crippen MR) is 82.4 cm³/mol. The number of hydrogen-bond donors (Lipinski definition) is 1. The highest BCUT2D eigenvalue weighted by Crippen LogP contribution is 2.34. The largest absolute Gasteiger partial charge is 0.377 e. The van der Waals surface area contributed by atoms with Crippen molar-refractivity contribution in [3.05, 3.63) is 56.5 Å². The smallest absolute Gasteiger partial charge is 0.142 e. The third-order valence-corrected chi connectivity index (χ3v) is 3.86. The van der Waals surface area contributed by atoms with Crippen molar-refractivity contribution in [2.24, 2.45) is 0 Å². The highest BCUT2D eigenvalue weighted by Gasteiger charge is 2.17. The molecule has 0 saturated carbocycles. The Balaban J connectivity index is 2.33. The van der Waals surface area contributed by atoms with E-state index in [2.05, 4.69) is 10.3 Å². The Hall–Kier alpha value is -1.03. The average molecular weight is 334 g/mol. The average Bonchev–Trinajstić information content (AvgIpc) is 2.38. The van der Waals surface area contributed by atoms with Crippen molar-refractivity contribution in [1.82, 2.24) is 4.98 Å². The molecule has 0 aliphatic carbocycles. The van der Waals surface area contributed by atoms with Gasteiger partial charge in [0.05, 0.1) is 22.4 Å². The maximum Gasteiger partial charge on any atom is 0.142 e. The zero-order valence-electron chi connectivity index (χ0n) is 10.8. The van der Waals surface area contributed by atoms with Gasteiger partial charge < -0.3 is 5.32 Å². The summed E-state index contributed by atoms with van der Waals surface area (Å²) in [6, 6.07) is 5.95. The minimum absolute atomic E-state index is 0.0251. The molecule has 1 unspecified atom stereocenters. The molecule has 0 aliphatic rings. The van der Waals surface area contributed by atoms with Crippen LogP contribution in [0.1, 0.15) is 24.2 Å². The third kappa shape index (κ3) is 3.17. The van der Waals surface area contributed by atoms with Crippen LogP contribution in [0, 0.1) is 12.7 Å². The molecule has 2 nitrogen and oxygen atoms in total. The Labute approximate surface area is 131 Å². The van der Waals surface area contributed by atoms with Crippen LogP contribution in [0.2, 0.25) is 15.2 Å². The number of aromatic nitrogens is 1. The quantitative estimate of drug-likeness (QED) is 0.579. The highest BCUT2D eigenvalue weighted by atomic mass is 35.5.